The topological polar surface area (TPSA) is 87.1 Å². The highest BCUT2D eigenvalue weighted by Gasteiger charge is 2.33. The smallest absolute Gasteiger partial charge is 0.303 e. The first-order chi connectivity index (χ1) is 21.0. The van der Waals surface area contributed by atoms with Gasteiger partial charge in [-0.15, -0.1) is 0 Å². The van der Waals surface area contributed by atoms with Crippen molar-refractivity contribution in [3.05, 3.63) is 53.3 Å². The molecule has 6 rings (SSSR count). The zero-order valence-corrected chi connectivity index (χ0v) is 27.0. The lowest BCUT2D eigenvalue weighted by Gasteiger charge is -2.35. The Morgan fingerprint density at radius 2 is 1.73 bits per heavy atom. The van der Waals surface area contributed by atoms with Crippen LogP contribution in [0.5, 0.6) is 5.75 Å². The van der Waals surface area contributed by atoms with Crippen LogP contribution in [0.2, 0.25) is 0 Å². The van der Waals surface area contributed by atoms with E-state index in [4.69, 9.17) is 4.74 Å². The molecule has 44 heavy (non-hydrogen) atoms. The zero-order chi connectivity index (χ0) is 31.2. The fraction of sp³-hybridized carbons (Fsp3) is 0.545. The van der Waals surface area contributed by atoms with E-state index in [0.29, 0.717) is 31.4 Å². The highest BCUT2D eigenvalue weighted by atomic mass is 32.2. The largest absolute Gasteiger partial charge is 0.491 e. The number of aromatic nitrogens is 1. The van der Waals surface area contributed by atoms with Crippen molar-refractivity contribution in [2.75, 3.05) is 46.9 Å². The molecule has 0 saturated heterocycles. The molecule has 2 aliphatic heterocycles. The quantitative estimate of drug-likeness (QED) is 0.440. The Hall–Kier alpha value is -2.99. The van der Waals surface area contributed by atoms with E-state index in [1.807, 2.05) is 18.2 Å². The summed E-state index contributed by atoms with van der Waals surface area (Å²) in [6.07, 6.45) is 5.62. The SMILES string of the molecule is CC(C)N1CCN(C)C2COc3cc(F)ccc3-c3c(C4CCCCC4)c4ccc(cc4n3C2)C(=O)NS(=O)(=O)N(C)CC1. The van der Waals surface area contributed by atoms with E-state index in [1.165, 1.54) is 35.5 Å². The molecule has 9 nitrogen and oxygen atoms in total. The standard InChI is InChI=1S/C33H44FN5O4S/c1-22(2)38-16-14-36(3)26-20-39-29-18-24(33(40)35-44(41,42)37(4)15-17-38)10-12-27(29)31(23-8-6-5-7-9-23)32(39)28-13-11-25(34)19-30(28)43-21-26/h10-13,18-19,22-23,26H,5-9,14-17,20-21H2,1-4H3,(H,35,40). The molecular weight excluding hydrogens is 581 g/mol. The Bertz CT molecular complexity index is 1650. The number of rotatable bonds is 2. The second kappa shape index (κ2) is 12.4. The Morgan fingerprint density at radius 3 is 2.48 bits per heavy atom. The summed E-state index contributed by atoms with van der Waals surface area (Å²) in [7, 11) is -0.454. The van der Waals surface area contributed by atoms with Crippen LogP contribution in [0.15, 0.2) is 36.4 Å². The maximum Gasteiger partial charge on any atom is 0.303 e. The number of ether oxygens (including phenoxy) is 1. The molecule has 2 aromatic carbocycles. The van der Waals surface area contributed by atoms with Crippen LogP contribution in [-0.2, 0) is 16.8 Å². The predicted molar refractivity (Wildman–Crippen MR) is 171 cm³/mol. The summed E-state index contributed by atoms with van der Waals surface area (Å²) in [6.45, 7) is 7.43. The molecule has 1 amide bonds. The van der Waals surface area contributed by atoms with Crippen molar-refractivity contribution >= 4 is 27.0 Å². The molecule has 238 valence electrons. The lowest BCUT2D eigenvalue weighted by Crippen LogP contribution is -2.48. The number of hydrogen-bond acceptors (Lipinski definition) is 6. The maximum absolute atomic E-state index is 14.7. The first-order valence-corrected chi connectivity index (χ1v) is 17.3. The molecule has 0 spiro atoms. The number of carbonyl (C=O) groups excluding carboxylic acids is 1. The number of likely N-dealkylation sites (N-methyl/N-ethyl adjacent to an activating group) is 2. The average molecular weight is 626 g/mol. The average Bonchev–Trinajstić information content (AvgIpc) is 3.29. The van der Waals surface area contributed by atoms with E-state index in [9.17, 15) is 17.6 Å². The van der Waals surface area contributed by atoms with Crippen LogP contribution in [0.1, 0.15) is 67.8 Å². The van der Waals surface area contributed by atoms with Gasteiger partial charge in [0.1, 0.15) is 18.2 Å². The van der Waals surface area contributed by atoms with E-state index >= 15 is 0 Å². The van der Waals surface area contributed by atoms with Gasteiger partial charge in [0.15, 0.2) is 0 Å². The van der Waals surface area contributed by atoms with Gasteiger partial charge < -0.3 is 9.30 Å². The summed E-state index contributed by atoms with van der Waals surface area (Å²) in [5.41, 5.74) is 4.23. The normalized spacial score (nSPS) is 23.0. The van der Waals surface area contributed by atoms with E-state index in [1.54, 1.807) is 6.07 Å². The number of nitrogens with zero attached hydrogens (tertiary/aromatic N) is 4. The number of carbonyl (C=O) groups is 1. The van der Waals surface area contributed by atoms with Gasteiger partial charge in [-0.1, -0.05) is 25.3 Å². The minimum absolute atomic E-state index is 0.0255. The highest BCUT2D eigenvalue weighted by Crippen LogP contribution is 2.47. The molecule has 3 heterocycles. The van der Waals surface area contributed by atoms with Gasteiger partial charge in [-0.3, -0.25) is 14.6 Å². The van der Waals surface area contributed by atoms with Gasteiger partial charge in [0.25, 0.3) is 5.91 Å². The molecular formula is C33H44FN5O4S. The first-order valence-electron chi connectivity index (χ1n) is 15.8. The van der Waals surface area contributed by atoms with Crippen LogP contribution in [0.3, 0.4) is 0 Å². The maximum atomic E-state index is 14.7. The Balaban J connectivity index is 1.57. The van der Waals surface area contributed by atoms with Crippen LogP contribution in [0.4, 0.5) is 4.39 Å². The fourth-order valence-electron chi connectivity index (χ4n) is 7.07. The number of hydrogen-bond donors (Lipinski definition) is 1. The molecule has 1 atom stereocenters. The van der Waals surface area contributed by atoms with Gasteiger partial charge in [0.2, 0.25) is 0 Å². The molecule has 1 saturated carbocycles. The molecule has 0 radical (unpaired) electrons. The molecule has 3 aliphatic rings. The second-order valence-corrected chi connectivity index (χ2v) is 14.7. The van der Waals surface area contributed by atoms with Crippen molar-refractivity contribution in [3.8, 4) is 17.0 Å². The number of fused-ring (bicyclic) bond motifs is 4. The Kier molecular flexibility index (Phi) is 8.76. The minimum Gasteiger partial charge on any atom is -0.491 e. The van der Waals surface area contributed by atoms with Gasteiger partial charge in [0, 0.05) is 73.9 Å². The monoisotopic (exact) mass is 625 g/mol. The summed E-state index contributed by atoms with van der Waals surface area (Å²) in [5, 5.41) is 1.05. The Morgan fingerprint density at radius 1 is 0.977 bits per heavy atom. The van der Waals surface area contributed by atoms with Crippen LogP contribution in [-0.4, -0.2) is 92.0 Å². The van der Waals surface area contributed by atoms with Gasteiger partial charge in [0.05, 0.1) is 11.7 Å². The summed E-state index contributed by atoms with van der Waals surface area (Å²) in [5.74, 6) is -0.164. The van der Waals surface area contributed by atoms with Crippen molar-refractivity contribution in [3.63, 3.8) is 0 Å². The summed E-state index contributed by atoms with van der Waals surface area (Å²) in [4.78, 5) is 18.0. The third-order valence-electron chi connectivity index (χ3n) is 9.83. The molecule has 4 bridgehead atoms. The number of benzene rings is 2. The van der Waals surface area contributed by atoms with E-state index < -0.39 is 16.1 Å². The number of nitrogens with one attached hydrogen (secondary N) is 1. The van der Waals surface area contributed by atoms with Crippen molar-refractivity contribution in [1.29, 1.82) is 0 Å². The lowest BCUT2D eigenvalue weighted by molar-refractivity contribution is 0.0978. The van der Waals surface area contributed by atoms with Crippen LogP contribution < -0.4 is 9.46 Å². The van der Waals surface area contributed by atoms with Gasteiger partial charge in [-0.25, -0.2) is 9.11 Å². The van der Waals surface area contributed by atoms with E-state index in [0.717, 1.165) is 60.9 Å². The van der Waals surface area contributed by atoms with Gasteiger partial charge >= 0.3 is 10.2 Å². The van der Waals surface area contributed by atoms with Crippen molar-refractivity contribution in [1.82, 2.24) is 23.4 Å². The minimum atomic E-state index is -4.04. The van der Waals surface area contributed by atoms with Crippen molar-refractivity contribution < 1.29 is 22.3 Å². The first kappa shape index (κ1) is 31.0. The van der Waals surface area contributed by atoms with E-state index in [2.05, 4.69) is 40.0 Å². The Labute approximate surface area is 260 Å². The van der Waals surface area contributed by atoms with Gasteiger partial charge in [-0.05, 0) is 69.5 Å². The third-order valence-corrected chi connectivity index (χ3v) is 11.3. The summed E-state index contributed by atoms with van der Waals surface area (Å²) < 4.78 is 53.2. The summed E-state index contributed by atoms with van der Waals surface area (Å²) in [6, 6.07) is 10.5. The van der Waals surface area contributed by atoms with Crippen molar-refractivity contribution in [2.45, 2.75) is 70.5 Å². The fourth-order valence-corrected chi connectivity index (χ4v) is 7.90. The molecule has 1 aliphatic carbocycles. The van der Waals surface area contributed by atoms with Crippen LogP contribution in [0.25, 0.3) is 22.2 Å². The van der Waals surface area contributed by atoms with Crippen LogP contribution >= 0.6 is 0 Å². The third kappa shape index (κ3) is 5.99. The zero-order valence-electron chi connectivity index (χ0n) is 26.2. The predicted octanol–water partition coefficient (Wildman–Crippen LogP) is 4.82. The second-order valence-electron chi connectivity index (χ2n) is 12.9. The molecule has 1 unspecified atom stereocenters. The molecule has 1 aromatic heterocycles. The summed E-state index contributed by atoms with van der Waals surface area (Å²) >= 11 is 0. The number of halogens is 1. The highest BCUT2D eigenvalue weighted by molar-refractivity contribution is 7.87. The number of amides is 1. The lowest BCUT2D eigenvalue weighted by atomic mass is 9.81. The van der Waals surface area contributed by atoms with Crippen molar-refractivity contribution in [2.24, 2.45) is 0 Å². The van der Waals surface area contributed by atoms with Crippen LogP contribution in [0, 0.1) is 5.82 Å². The van der Waals surface area contributed by atoms with Gasteiger partial charge in [-0.2, -0.15) is 12.7 Å². The molecule has 1 fully saturated rings. The molecule has 3 aromatic rings. The van der Waals surface area contributed by atoms with E-state index in [-0.39, 0.29) is 30.0 Å². The molecule has 1 N–H and O–H groups in total. The molecule has 11 heteroatoms.